The fourth-order valence-electron chi connectivity index (χ4n) is 3.74. The number of nitrogens with zero attached hydrogens (tertiary/aromatic N) is 1. The van der Waals surface area contributed by atoms with Gasteiger partial charge in [-0.3, -0.25) is 4.79 Å². The first-order valence-corrected chi connectivity index (χ1v) is 10.0. The van der Waals surface area contributed by atoms with Crippen LogP contribution in [-0.2, 0) is 11.3 Å². The first kappa shape index (κ1) is 19.0. The Labute approximate surface area is 170 Å². The number of carbonyl (C=O) groups is 1. The van der Waals surface area contributed by atoms with Crippen LogP contribution in [0.3, 0.4) is 0 Å². The minimum atomic E-state index is -0.100. The van der Waals surface area contributed by atoms with Crippen molar-refractivity contribution in [2.75, 3.05) is 13.2 Å². The van der Waals surface area contributed by atoms with E-state index in [1.165, 1.54) is 0 Å². The number of fused-ring (bicyclic) bond motifs is 1. The number of amides is 1. The lowest BCUT2D eigenvalue weighted by Gasteiger charge is -2.25. The summed E-state index contributed by atoms with van der Waals surface area (Å²) in [4.78, 5) is 15.3. The summed E-state index contributed by atoms with van der Waals surface area (Å²) in [5, 5.41) is 1.67. The van der Waals surface area contributed by atoms with E-state index in [0.717, 1.165) is 47.1 Å². The molecule has 2 heterocycles. The van der Waals surface area contributed by atoms with Gasteiger partial charge < -0.3 is 14.1 Å². The molecule has 1 atom stereocenters. The molecule has 4 rings (SSSR count). The molecular formula is C23H24ClNO3. The Bertz CT molecular complexity index is 987. The van der Waals surface area contributed by atoms with Crippen LogP contribution in [0.5, 0.6) is 0 Å². The predicted octanol–water partition coefficient (Wildman–Crippen LogP) is 5.52. The molecule has 5 heteroatoms. The lowest BCUT2D eigenvalue weighted by atomic mass is 10.1. The molecule has 2 aromatic carbocycles. The van der Waals surface area contributed by atoms with E-state index in [2.05, 4.69) is 0 Å². The molecule has 28 heavy (non-hydrogen) atoms. The van der Waals surface area contributed by atoms with Crippen molar-refractivity contribution in [3.8, 4) is 0 Å². The minimum absolute atomic E-state index is 0.0724. The van der Waals surface area contributed by atoms with Crippen molar-refractivity contribution in [3.63, 3.8) is 0 Å². The molecule has 1 fully saturated rings. The summed E-state index contributed by atoms with van der Waals surface area (Å²) < 4.78 is 11.8. The number of halogens is 1. The summed E-state index contributed by atoms with van der Waals surface area (Å²) in [6.07, 6.45) is 2.09. The van der Waals surface area contributed by atoms with Gasteiger partial charge in [0, 0.05) is 35.7 Å². The van der Waals surface area contributed by atoms with Gasteiger partial charge >= 0.3 is 0 Å². The zero-order valence-electron chi connectivity index (χ0n) is 16.2. The van der Waals surface area contributed by atoms with Gasteiger partial charge in [-0.15, -0.1) is 0 Å². The van der Waals surface area contributed by atoms with E-state index >= 15 is 0 Å². The van der Waals surface area contributed by atoms with Gasteiger partial charge in [-0.25, -0.2) is 0 Å². The van der Waals surface area contributed by atoms with Crippen LogP contribution >= 0.6 is 11.6 Å². The van der Waals surface area contributed by atoms with Crippen molar-refractivity contribution in [3.05, 3.63) is 69.9 Å². The third kappa shape index (κ3) is 3.94. The number of benzene rings is 2. The first-order valence-electron chi connectivity index (χ1n) is 9.66. The van der Waals surface area contributed by atoms with Crippen molar-refractivity contribution in [2.24, 2.45) is 0 Å². The zero-order valence-corrected chi connectivity index (χ0v) is 17.0. The van der Waals surface area contributed by atoms with Crippen LogP contribution < -0.4 is 0 Å². The third-order valence-corrected chi connectivity index (χ3v) is 5.56. The van der Waals surface area contributed by atoms with Gasteiger partial charge in [-0.05, 0) is 56.0 Å². The highest BCUT2D eigenvalue weighted by molar-refractivity contribution is 6.30. The molecule has 0 spiro atoms. The number of aryl methyl sites for hydroxylation is 2. The van der Waals surface area contributed by atoms with E-state index in [-0.39, 0.29) is 12.0 Å². The largest absolute Gasteiger partial charge is 0.451 e. The summed E-state index contributed by atoms with van der Waals surface area (Å²) >= 11 is 6.01. The van der Waals surface area contributed by atoms with Crippen LogP contribution in [0.1, 0.15) is 40.1 Å². The average Bonchev–Trinajstić information content (AvgIpc) is 3.30. The lowest BCUT2D eigenvalue weighted by molar-refractivity contribution is 0.0485. The molecule has 1 amide bonds. The Morgan fingerprint density at radius 3 is 2.68 bits per heavy atom. The van der Waals surface area contributed by atoms with Gasteiger partial charge in [0.25, 0.3) is 5.91 Å². The van der Waals surface area contributed by atoms with E-state index < -0.39 is 0 Å². The molecule has 1 aliphatic rings. The van der Waals surface area contributed by atoms with Crippen molar-refractivity contribution in [1.82, 2.24) is 4.90 Å². The van der Waals surface area contributed by atoms with Crippen LogP contribution in [0.2, 0.25) is 5.02 Å². The first-order chi connectivity index (χ1) is 13.5. The molecule has 3 aromatic rings. The molecule has 0 radical (unpaired) electrons. The quantitative estimate of drug-likeness (QED) is 0.568. The zero-order chi connectivity index (χ0) is 19.7. The SMILES string of the molecule is Cc1ccc2c(C)c(C(=O)N(Cc3ccc(Cl)cc3)C[C@@H]3CCCO3)oc2c1. The van der Waals surface area contributed by atoms with Crippen LogP contribution in [0.15, 0.2) is 46.9 Å². The van der Waals surface area contributed by atoms with Crippen molar-refractivity contribution in [2.45, 2.75) is 39.3 Å². The van der Waals surface area contributed by atoms with E-state index in [9.17, 15) is 4.79 Å². The molecular weight excluding hydrogens is 374 g/mol. The van der Waals surface area contributed by atoms with Gasteiger partial charge in [-0.1, -0.05) is 35.9 Å². The monoisotopic (exact) mass is 397 g/mol. The molecule has 1 aliphatic heterocycles. The molecule has 0 aliphatic carbocycles. The smallest absolute Gasteiger partial charge is 0.290 e. The number of carbonyl (C=O) groups excluding carboxylic acids is 1. The summed E-state index contributed by atoms with van der Waals surface area (Å²) in [5.74, 6) is 0.310. The predicted molar refractivity (Wildman–Crippen MR) is 111 cm³/mol. The molecule has 0 N–H and O–H groups in total. The number of hydrogen-bond acceptors (Lipinski definition) is 3. The molecule has 0 saturated carbocycles. The van der Waals surface area contributed by atoms with Crippen molar-refractivity contribution >= 4 is 28.5 Å². The molecule has 0 unspecified atom stereocenters. The number of ether oxygens (including phenoxy) is 1. The fourth-order valence-corrected chi connectivity index (χ4v) is 3.87. The van der Waals surface area contributed by atoms with Gasteiger partial charge in [0.05, 0.1) is 6.10 Å². The number of rotatable bonds is 5. The second kappa shape index (κ2) is 7.98. The summed E-state index contributed by atoms with van der Waals surface area (Å²) in [7, 11) is 0. The van der Waals surface area contributed by atoms with E-state index in [4.69, 9.17) is 20.8 Å². The Balaban J connectivity index is 1.65. The Morgan fingerprint density at radius 2 is 1.96 bits per heavy atom. The molecule has 146 valence electrons. The summed E-state index contributed by atoms with van der Waals surface area (Å²) in [5.41, 5.74) is 3.77. The normalized spacial score (nSPS) is 16.6. The summed E-state index contributed by atoms with van der Waals surface area (Å²) in [6.45, 7) is 5.77. The molecule has 1 saturated heterocycles. The molecule has 0 bridgehead atoms. The van der Waals surface area contributed by atoms with Crippen LogP contribution in [0, 0.1) is 13.8 Å². The maximum absolute atomic E-state index is 13.4. The Hall–Kier alpha value is -2.30. The minimum Gasteiger partial charge on any atom is -0.451 e. The second-order valence-corrected chi connectivity index (χ2v) is 7.94. The molecule has 1 aromatic heterocycles. The lowest BCUT2D eigenvalue weighted by Crippen LogP contribution is -2.37. The maximum Gasteiger partial charge on any atom is 0.290 e. The van der Waals surface area contributed by atoms with Gasteiger partial charge in [0.2, 0.25) is 0 Å². The standard InChI is InChI=1S/C23H24ClNO3/c1-15-5-10-20-16(2)22(28-21(20)12-15)23(26)25(14-19-4-3-11-27-19)13-17-6-8-18(24)9-7-17/h5-10,12,19H,3-4,11,13-14H2,1-2H3/t19-/m0/s1. The summed E-state index contributed by atoms with van der Waals surface area (Å²) in [6, 6.07) is 13.6. The van der Waals surface area contributed by atoms with E-state index in [1.54, 1.807) is 0 Å². The van der Waals surface area contributed by atoms with E-state index in [1.807, 2.05) is 61.2 Å². The van der Waals surface area contributed by atoms with Crippen LogP contribution in [-0.4, -0.2) is 30.1 Å². The highest BCUT2D eigenvalue weighted by atomic mass is 35.5. The maximum atomic E-state index is 13.4. The van der Waals surface area contributed by atoms with Crippen molar-refractivity contribution in [1.29, 1.82) is 0 Å². The highest BCUT2D eigenvalue weighted by Crippen LogP contribution is 2.28. The van der Waals surface area contributed by atoms with Gasteiger partial charge in [-0.2, -0.15) is 0 Å². The Kier molecular flexibility index (Phi) is 5.42. The highest BCUT2D eigenvalue weighted by Gasteiger charge is 2.27. The number of furan rings is 1. The van der Waals surface area contributed by atoms with Gasteiger partial charge in [0.1, 0.15) is 5.58 Å². The van der Waals surface area contributed by atoms with Gasteiger partial charge in [0.15, 0.2) is 5.76 Å². The van der Waals surface area contributed by atoms with Crippen LogP contribution in [0.4, 0.5) is 0 Å². The van der Waals surface area contributed by atoms with Crippen molar-refractivity contribution < 1.29 is 13.9 Å². The molecule has 4 nitrogen and oxygen atoms in total. The third-order valence-electron chi connectivity index (χ3n) is 5.31. The Morgan fingerprint density at radius 1 is 1.18 bits per heavy atom. The van der Waals surface area contributed by atoms with E-state index in [0.29, 0.717) is 23.9 Å². The average molecular weight is 398 g/mol. The number of hydrogen-bond donors (Lipinski definition) is 0. The van der Waals surface area contributed by atoms with Crippen LogP contribution in [0.25, 0.3) is 11.0 Å². The second-order valence-electron chi connectivity index (χ2n) is 7.50. The topological polar surface area (TPSA) is 42.7 Å². The fraction of sp³-hybridized carbons (Fsp3) is 0.348.